The van der Waals surface area contributed by atoms with Gasteiger partial charge in [-0.15, -0.1) is 0 Å². The van der Waals surface area contributed by atoms with Crippen LogP contribution in [-0.2, 0) is 0 Å². The molecule has 118 valence electrons. The maximum atomic E-state index is 13.2. The van der Waals surface area contributed by atoms with Gasteiger partial charge < -0.3 is 0 Å². The van der Waals surface area contributed by atoms with E-state index in [0.717, 1.165) is 21.7 Å². The SMILES string of the molecule is Cc1cccc(C2Sc3ccccc3C(=O)N2c2ccccc2)c1. The molecule has 3 heteroatoms. The van der Waals surface area contributed by atoms with Crippen LogP contribution >= 0.6 is 11.8 Å². The molecule has 1 heterocycles. The fourth-order valence-electron chi connectivity index (χ4n) is 3.04. The Morgan fingerprint density at radius 3 is 2.42 bits per heavy atom. The van der Waals surface area contributed by atoms with Gasteiger partial charge in [0, 0.05) is 10.6 Å². The average Bonchev–Trinajstić information content (AvgIpc) is 2.62. The summed E-state index contributed by atoms with van der Waals surface area (Å²) in [5.41, 5.74) is 4.05. The first-order chi connectivity index (χ1) is 11.7. The fraction of sp³-hybridized carbons (Fsp3) is 0.0952. The lowest BCUT2D eigenvalue weighted by atomic mass is 10.1. The third-order valence-electron chi connectivity index (χ3n) is 4.17. The number of benzene rings is 3. The molecule has 0 fully saturated rings. The number of fused-ring (bicyclic) bond motifs is 1. The predicted molar refractivity (Wildman–Crippen MR) is 99.5 cm³/mol. The van der Waals surface area contributed by atoms with Crippen LogP contribution in [0.1, 0.15) is 26.9 Å². The van der Waals surface area contributed by atoms with E-state index in [0.29, 0.717) is 0 Å². The summed E-state index contributed by atoms with van der Waals surface area (Å²) in [6, 6.07) is 26.2. The molecule has 0 saturated heterocycles. The smallest absolute Gasteiger partial charge is 0.260 e. The minimum absolute atomic E-state index is 0.0575. The summed E-state index contributed by atoms with van der Waals surface area (Å²) in [5, 5.41) is -0.0605. The molecule has 0 aromatic heterocycles. The minimum atomic E-state index is -0.0605. The number of carbonyl (C=O) groups is 1. The monoisotopic (exact) mass is 331 g/mol. The number of anilines is 1. The van der Waals surface area contributed by atoms with Crippen LogP contribution in [0.15, 0.2) is 83.8 Å². The van der Waals surface area contributed by atoms with Crippen LogP contribution in [0, 0.1) is 6.92 Å². The van der Waals surface area contributed by atoms with Crippen LogP contribution in [0.4, 0.5) is 5.69 Å². The maximum Gasteiger partial charge on any atom is 0.260 e. The molecule has 0 bridgehead atoms. The van der Waals surface area contributed by atoms with Crippen molar-refractivity contribution in [3.05, 3.63) is 95.6 Å². The molecule has 1 aliphatic heterocycles. The predicted octanol–water partition coefficient (Wildman–Crippen LogP) is 5.45. The number of para-hydroxylation sites is 1. The highest BCUT2D eigenvalue weighted by Crippen LogP contribution is 2.46. The molecule has 0 N–H and O–H groups in total. The topological polar surface area (TPSA) is 20.3 Å². The summed E-state index contributed by atoms with van der Waals surface area (Å²) in [4.78, 5) is 16.1. The summed E-state index contributed by atoms with van der Waals surface area (Å²) in [7, 11) is 0. The lowest BCUT2D eigenvalue weighted by molar-refractivity contribution is 0.0979. The van der Waals surface area contributed by atoms with Gasteiger partial charge in [-0.05, 0) is 36.8 Å². The van der Waals surface area contributed by atoms with E-state index < -0.39 is 0 Å². The zero-order valence-corrected chi connectivity index (χ0v) is 14.2. The first kappa shape index (κ1) is 15.0. The molecule has 0 radical (unpaired) electrons. The lowest BCUT2D eigenvalue weighted by Gasteiger charge is -2.36. The fourth-order valence-corrected chi connectivity index (χ4v) is 4.32. The first-order valence-corrected chi connectivity index (χ1v) is 8.83. The second kappa shape index (κ2) is 6.17. The summed E-state index contributed by atoms with van der Waals surface area (Å²) in [5.74, 6) is 0.0575. The molecule has 0 aliphatic carbocycles. The molecule has 1 aliphatic rings. The molecule has 24 heavy (non-hydrogen) atoms. The Morgan fingerprint density at radius 1 is 0.875 bits per heavy atom. The standard InChI is InChI=1S/C21H17NOS/c1-15-8-7-9-16(14-15)21-22(17-10-3-2-4-11-17)20(23)18-12-5-6-13-19(18)24-21/h2-14,21H,1H3. The number of amides is 1. The number of hydrogen-bond donors (Lipinski definition) is 0. The van der Waals surface area contributed by atoms with Crippen molar-refractivity contribution in [2.45, 2.75) is 17.2 Å². The number of thioether (sulfide) groups is 1. The van der Waals surface area contributed by atoms with Gasteiger partial charge in [0.05, 0.1) is 5.56 Å². The summed E-state index contributed by atoms with van der Waals surface area (Å²) >= 11 is 1.73. The van der Waals surface area contributed by atoms with Crippen LogP contribution in [0.3, 0.4) is 0 Å². The molecule has 0 spiro atoms. The zero-order chi connectivity index (χ0) is 16.5. The van der Waals surface area contributed by atoms with Gasteiger partial charge in [0.2, 0.25) is 0 Å². The van der Waals surface area contributed by atoms with Crippen LogP contribution < -0.4 is 4.90 Å². The Bertz CT molecular complexity index is 891. The van der Waals surface area contributed by atoms with Crippen molar-refractivity contribution < 1.29 is 4.79 Å². The van der Waals surface area contributed by atoms with Gasteiger partial charge in [0.15, 0.2) is 0 Å². The third kappa shape index (κ3) is 2.61. The Balaban J connectivity index is 1.87. The van der Waals surface area contributed by atoms with Crippen molar-refractivity contribution in [2.24, 2.45) is 0 Å². The van der Waals surface area contributed by atoms with E-state index in [9.17, 15) is 4.79 Å². The van der Waals surface area contributed by atoms with Gasteiger partial charge in [-0.3, -0.25) is 9.69 Å². The average molecular weight is 331 g/mol. The van der Waals surface area contributed by atoms with E-state index in [4.69, 9.17) is 0 Å². The van der Waals surface area contributed by atoms with E-state index in [2.05, 4.69) is 31.2 Å². The maximum absolute atomic E-state index is 13.2. The molecular weight excluding hydrogens is 314 g/mol. The van der Waals surface area contributed by atoms with Crippen molar-refractivity contribution >= 4 is 23.4 Å². The molecule has 1 amide bonds. The van der Waals surface area contributed by atoms with E-state index in [1.54, 1.807) is 11.8 Å². The largest absolute Gasteiger partial charge is 0.291 e. The number of aryl methyl sites for hydroxylation is 1. The Kier molecular flexibility index (Phi) is 3.87. The van der Waals surface area contributed by atoms with Crippen molar-refractivity contribution in [3.63, 3.8) is 0 Å². The molecule has 4 rings (SSSR count). The number of carbonyl (C=O) groups excluding carboxylic acids is 1. The molecule has 1 atom stereocenters. The molecular formula is C21H17NOS. The second-order valence-electron chi connectivity index (χ2n) is 5.89. The van der Waals surface area contributed by atoms with Crippen molar-refractivity contribution in [1.82, 2.24) is 0 Å². The van der Waals surface area contributed by atoms with E-state index in [1.165, 1.54) is 5.56 Å². The van der Waals surface area contributed by atoms with Crippen molar-refractivity contribution in [3.8, 4) is 0 Å². The van der Waals surface area contributed by atoms with Crippen LogP contribution in [-0.4, -0.2) is 5.91 Å². The molecule has 1 unspecified atom stereocenters. The van der Waals surface area contributed by atoms with Gasteiger partial charge in [0.1, 0.15) is 5.37 Å². The Morgan fingerprint density at radius 2 is 1.62 bits per heavy atom. The van der Waals surface area contributed by atoms with Gasteiger partial charge in [-0.1, -0.05) is 71.9 Å². The first-order valence-electron chi connectivity index (χ1n) is 7.95. The minimum Gasteiger partial charge on any atom is -0.291 e. The van der Waals surface area contributed by atoms with Crippen LogP contribution in [0.5, 0.6) is 0 Å². The highest BCUT2D eigenvalue weighted by Gasteiger charge is 2.34. The van der Waals surface area contributed by atoms with Gasteiger partial charge in [-0.2, -0.15) is 0 Å². The highest BCUT2D eigenvalue weighted by molar-refractivity contribution is 7.99. The molecule has 2 nitrogen and oxygen atoms in total. The number of hydrogen-bond acceptors (Lipinski definition) is 2. The van der Waals surface area contributed by atoms with Crippen LogP contribution in [0.2, 0.25) is 0 Å². The van der Waals surface area contributed by atoms with Gasteiger partial charge >= 0.3 is 0 Å². The van der Waals surface area contributed by atoms with Crippen molar-refractivity contribution in [1.29, 1.82) is 0 Å². The normalized spacial score (nSPS) is 16.8. The second-order valence-corrected chi connectivity index (χ2v) is 7.01. The quantitative estimate of drug-likeness (QED) is 0.622. The molecule has 3 aromatic carbocycles. The summed E-state index contributed by atoms with van der Waals surface area (Å²) in [6.07, 6.45) is 0. The lowest BCUT2D eigenvalue weighted by Crippen LogP contribution is -2.36. The van der Waals surface area contributed by atoms with E-state index in [1.807, 2.05) is 59.5 Å². The van der Waals surface area contributed by atoms with Gasteiger partial charge in [-0.25, -0.2) is 0 Å². The zero-order valence-electron chi connectivity index (χ0n) is 13.3. The number of rotatable bonds is 2. The Hall–Kier alpha value is -2.52. The Labute approximate surface area is 146 Å². The summed E-state index contributed by atoms with van der Waals surface area (Å²) < 4.78 is 0. The van der Waals surface area contributed by atoms with Gasteiger partial charge in [0.25, 0.3) is 5.91 Å². The summed E-state index contributed by atoms with van der Waals surface area (Å²) in [6.45, 7) is 2.08. The van der Waals surface area contributed by atoms with Crippen molar-refractivity contribution in [2.75, 3.05) is 4.90 Å². The highest BCUT2D eigenvalue weighted by atomic mass is 32.2. The van der Waals surface area contributed by atoms with E-state index in [-0.39, 0.29) is 11.3 Å². The third-order valence-corrected chi connectivity index (χ3v) is 5.49. The van der Waals surface area contributed by atoms with E-state index >= 15 is 0 Å². The molecule has 0 saturated carbocycles. The van der Waals surface area contributed by atoms with Crippen LogP contribution in [0.25, 0.3) is 0 Å². The number of nitrogens with zero attached hydrogens (tertiary/aromatic N) is 1. The molecule has 3 aromatic rings.